The number of carbonyl (C=O) groups excluding carboxylic acids is 1. The van der Waals surface area contributed by atoms with Crippen molar-refractivity contribution >= 4 is 12.1 Å². The average Bonchev–Trinajstić information content (AvgIpc) is 2.43. The highest BCUT2D eigenvalue weighted by Gasteiger charge is 2.18. The Kier molecular flexibility index (Phi) is 7.28. The van der Waals surface area contributed by atoms with Crippen LogP contribution in [0.4, 0.5) is 4.79 Å². The van der Waals surface area contributed by atoms with Crippen LogP contribution >= 0.6 is 0 Å². The summed E-state index contributed by atoms with van der Waals surface area (Å²) in [6, 6.07) is 8.96. The van der Waals surface area contributed by atoms with E-state index in [-0.39, 0.29) is 6.61 Å². The average molecular weight is 321 g/mol. The zero-order chi connectivity index (χ0) is 17.3. The number of hydrogen-bond acceptors (Lipinski definition) is 4. The van der Waals surface area contributed by atoms with Gasteiger partial charge in [-0.25, -0.2) is 9.59 Å². The second-order valence-corrected chi connectivity index (χ2v) is 5.95. The first kappa shape index (κ1) is 18.7. The second-order valence-electron chi connectivity index (χ2n) is 5.95. The number of amides is 1. The van der Waals surface area contributed by atoms with Crippen molar-refractivity contribution in [2.75, 3.05) is 6.61 Å². The highest BCUT2D eigenvalue weighted by atomic mass is 16.6. The summed E-state index contributed by atoms with van der Waals surface area (Å²) in [5.74, 6) is -1.09. The molecule has 0 spiro atoms. The number of ether oxygens (including phenoxy) is 2. The molecule has 1 aromatic carbocycles. The molecule has 0 radical (unpaired) electrons. The van der Waals surface area contributed by atoms with Gasteiger partial charge in [0.2, 0.25) is 0 Å². The summed E-state index contributed by atoms with van der Waals surface area (Å²) < 4.78 is 10.7. The molecule has 0 aliphatic carbocycles. The van der Waals surface area contributed by atoms with E-state index in [9.17, 15) is 9.59 Å². The van der Waals surface area contributed by atoms with E-state index in [1.54, 1.807) is 20.8 Å². The molecular formula is C17H23NO5. The molecule has 1 atom stereocenters. The van der Waals surface area contributed by atoms with Gasteiger partial charge in [0.25, 0.3) is 0 Å². The van der Waals surface area contributed by atoms with Crippen LogP contribution in [0.1, 0.15) is 26.3 Å². The maximum absolute atomic E-state index is 11.8. The quantitative estimate of drug-likeness (QED) is 0.754. The van der Waals surface area contributed by atoms with Gasteiger partial charge in [0.1, 0.15) is 5.60 Å². The van der Waals surface area contributed by atoms with Gasteiger partial charge in [-0.3, -0.25) is 0 Å². The Morgan fingerprint density at radius 3 is 2.48 bits per heavy atom. The summed E-state index contributed by atoms with van der Waals surface area (Å²) in [5.41, 5.74) is 0.362. The topological polar surface area (TPSA) is 84.9 Å². The van der Waals surface area contributed by atoms with Crippen molar-refractivity contribution in [1.29, 1.82) is 0 Å². The normalized spacial score (nSPS) is 12.8. The zero-order valence-electron chi connectivity index (χ0n) is 13.6. The molecule has 6 heteroatoms. The first-order valence-corrected chi connectivity index (χ1v) is 7.28. The summed E-state index contributed by atoms with van der Waals surface area (Å²) in [4.78, 5) is 22.4. The summed E-state index contributed by atoms with van der Waals surface area (Å²) in [7, 11) is 0. The molecule has 1 aromatic rings. The van der Waals surface area contributed by atoms with Gasteiger partial charge >= 0.3 is 12.1 Å². The van der Waals surface area contributed by atoms with Crippen molar-refractivity contribution in [3.8, 4) is 0 Å². The van der Waals surface area contributed by atoms with Crippen LogP contribution in [-0.2, 0) is 20.9 Å². The number of nitrogens with one attached hydrogen (secondary N) is 1. The fourth-order valence-electron chi connectivity index (χ4n) is 1.68. The number of carboxylic acid groups (broad SMARTS) is 1. The van der Waals surface area contributed by atoms with Crippen LogP contribution < -0.4 is 5.32 Å². The Labute approximate surface area is 136 Å². The smallest absolute Gasteiger partial charge is 0.408 e. The van der Waals surface area contributed by atoms with Crippen molar-refractivity contribution in [3.05, 3.63) is 48.0 Å². The standard InChI is InChI=1S/C17H23NO5/c1-17(2,3)23-16(21)18-14(9-10-15(19)20)12-22-11-13-7-5-4-6-8-13/h4-10,14H,11-12H2,1-3H3,(H,18,21)(H,19,20)/b10-9-. The molecular weight excluding hydrogens is 298 g/mol. The third kappa shape index (κ3) is 9.31. The molecule has 0 fully saturated rings. The van der Waals surface area contributed by atoms with E-state index in [0.717, 1.165) is 11.6 Å². The first-order valence-electron chi connectivity index (χ1n) is 7.28. The molecule has 0 aliphatic rings. The molecule has 0 heterocycles. The van der Waals surface area contributed by atoms with Gasteiger partial charge in [0.15, 0.2) is 0 Å². The van der Waals surface area contributed by atoms with Crippen LogP contribution in [0.5, 0.6) is 0 Å². The van der Waals surface area contributed by atoms with Crippen LogP contribution in [0.3, 0.4) is 0 Å². The predicted octanol–water partition coefficient (Wildman–Crippen LogP) is 2.74. The minimum absolute atomic E-state index is 0.137. The third-order valence-corrected chi connectivity index (χ3v) is 2.58. The number of rotatable bonds is 7. The van der Waals surface area contributed by atoms with Gasteiger partial charge in [-0.2, -0.15) is 0 Å². The SMILES string of the molecule is CC(C)(C)OC(=O)NC(/C=C\C(=O)O)COCc1ccccc1. The van der Waals surface area contributed by atoms with Gasteiger partial charge in [0, 0.05) is 6.08 Å². The number of carbonyl (C=O) groups is 2. The maximum Gasteiger partial charge on any atom is 0.408 e. The van der Waals surface area contributed by atoms with Gasteiger partial charge < -0.3 is 19.9 Å². The lowest BCUT2D eigenvalue weighted by molar-refractivity contribution is -0.131. The van der Waals surface area contributed by atoms with Crippen LogP contribution in [0.25, 0.3) is 0 Å². The summed E-state index contributed by atoms with van der Waals surface area (Å²) in [5, 5.41) is 11.3. The summed E-state index contributed by atoms with van der Waals surface area (Å²) >= 11 is 0. The highest BCUT2D eigenvalue weighted by Crippen LogP contribution is 2.07. The minimum Gasteiger partial charge on any atom is -0.478 e. The maximum atomic E-state index is 11.8. The van der Waals surface area contributed by atoms with E-state index in [2.05, 4.69) is 5.32 Å². The Balaban J connectivity index is 2.54. The molecule has 0 aliphatic heterocycles. The molecule has 1 rings (SSSR count). The molecule has 0 saturated carbocycles. The van der Waals surface area contributed by atoms with Crippen molar-refractivity contribution in [2.24, 2.45) is 0 Å². The zero-order valence-corrected chi connectivity index (χ0v) is 13.6. The largest absolute Gasteiger partial charge is 0.478 e. The molecule has 0 bridgehead atoms. The predicted molar refractivity (Wildman–Crippen MR) is 86.0 cm³/mol. The molecule has 0 saturated heterocycles. The van der Waals surface area contributed by atoms with Crippen LogP contribution in [0.15, 0.2) is 42.5 Å². The van der Waals surface area contributed by atoms with Crippen molar-refractivity contribution in [3.63, 3.8) is 0 Å². The van der Waals surface area contributed by atoms with Crippen molar-refractivity contribution < 1.29 is 24.2 Å². The number of hydrogen-bond donors (Lipinski definition) is 2. The molecule has 126 valence electrons. The molecule has 6 nitrogen and oxygen atoms in total. The summed E-state index contributed by atoms with van der Waals surface area (Å²) in [6.07, 6.45) is 1.70. The van der Waals surface area contributed by atoms with Gasteiger partial charge in [0.05, 0.1) is 19.3 Å². The molecule has 23 heavy (non-hydrogen) atoms. The number of aliphatic carboxylic acids is 1. The number of alkyl carbamates (subject to hydrolysis) is 1. The lowest BCUT2D eigenvalue weighted by atomic mass is 10.2. The Morgan fingerprint density at radius 1 is 1.26 bits per heavy atom. The lowest BCUT2D eigenvalue weighted by Gasteiger charge is -2.22. The van der Waals surface area contributed by atoms with Gasteiger partial charge in [-0.15, -0.1) is 0 Å². The molecule has 0 aromatic heterocycles. The van der Waals surface area contributed by atoms with Crippen LogP contribution in [0, 0.1) is 0 Å². The Hall–Kier alpha value is -2.34. The van der Waals surface area contributed by atoms with E-state index >= 15 is 0 Å². The highest BCUT2D eigenvalue weighted by molar-refractivity contribution is 5.80. The minimum atomic E-state index is -1.09. The second kappa shape index (κ2) is 8.95. The first-order chi connectivity index (χ1) is 10.8. The Morgan fingerprint density at radius 2 is 1.91 bits per heavy atom. The van der Waals surface area contributed by atoms with Crippen molar-refractivity contribution in [1.82, 2.24) is 5.32 Å². The number of benzene rings is 1. The Bertz CT molecular complexity index is 534. The summed E-state index contributed by atoms with van der Waals surface area (Å²) in [6.45, 7) is 5.76. The van der Waals surface area contributed by atoms with E-state index in [1.165, 1.54) is 6.08 Å². The molecule has 1 amide bonds. The van der Waals surface area contributed by atoms with Gasteiger partial charge in [-0.1, -0.05) is 36.4 Å². The van der Waals surface area contributed by atoms with Crippen LogP contribution in [0.2, 0.25) is 0 Å². The van der Waals surface area contributed by atoms with Crippen molar-refractivity contribution in [2.45, 2.75) is 39.0 Å². The molecule has 1 unspecified atom stereocenters. The monoisotopic (exact) mass is 321 g/mol. The fraction of sp³-hybridized carbons (Fsp3) is 0.412. The van der Waals surface area contributed by atoms with E-state index in [0.29, 0.717) is 6.61 Å². The lowest BCUT2D eigenvalue weighted by Crippen LogP contribution is -2.40. The fourth-order valence-corrected chi connectivity index (χ4v) is 1.68. The van der Waals surface area contributed by atoms with E-state index in [1.807, 2.05) is 30.3 Å². The number of carboxylic acids is 1. The molecule has 2 N–H and O–H groups in total. The van der Waals surface area contributed by atoms with E-state index < -0.39 is 23.7 Å². The van der Waals surface area contributed by atoms with E-state index in [4.69, 9.17) is 14.6 Å². The van der Waals surface area contributed by atoms with Gasteiger partial charge in [-0.05, 0) is 26.3 Å². The third-order valence-electron chi connectivity index (χ3n) is 2.58. The van der Waals surface area contributed by atoms with Crippen LogP contribution in [-0.4, -0.2) is 35.4 Å².